The summed E-state index contributed by atoms with van der Waals surface area (Å²) >= 11 is 0. The van der Waals surface area contributed by atoms with Crippen LogP contribution in [-0.2, 0) is 0 Å². The van der Waals surface area contributed by atoms with Gasteiger partial charge in [0.15, 0.2) is 11.3 Å². The number of aryl methyl sites for hydroxylation is 1. The van der Waals surface area contributed by atoms with Crippen LogP contribution < -0.4 is 5.43 Å². The molecule has 0 amide bonds. The number of fused-ring (bicyclic) bond motifs is 1. The molecule has 3 rings (SSSR count). The van der Waals surface area contributed by atoms with Crippen molar-refractivity contribution in [2.24, 2.45) is 0 Å². The minimum atomic E-state index is -0.0240. The molecule has 17 heavy (non-hydrogen) atoms. The molecular weight excluding hydrogens is 214 g/mol. The lowest BCUT2D eigenvalue weighted by Crippen LogP contribution is -1.99. The molecule has 0 unspecified atom stereocenters. The third kappa shape index (κ3) is 1.63. The summed E-state index contributed by atoms with van der Waals surface area (Å²) in [6, 6.07) is 11.2. The molecule has 4 nitrogen and oxygen atoms in total. The summed E-state index contributed by atoms with van der Waals surface area (Å²) in [7, 11) is 0. The van der Waals surface area contributed by atoms with Crippen LogP contribution in [0.25, 0.3) is 17.0 Å². The first-order valence-electron chi connectivity index (χ1n) is 5.38. The molecule has 0 fully saturated rings. The molecule has 0 saturated heterocycles. The van der Waals surface area contributed by atoms with E-state index in [-0.39, 0.29) is 5.43 Å². The zero-order valence-corrected chi connectivity index (χ0v) is 9.34. The van der Waals surface area contributed by atoms with Crippen LogP contribution in [0.4, 0.5) is 0 Å². The molecule has 2 heterocycles. The number of H-pyrrole nitrogens is 1. The van der Waals surface area contributed by atoms with Gasteiger partial charge in [-0.25, -0.2) is 0 Å². The molecule has 2 aromatic heterocycles. The van der Waals surface area contributed by atoms with E-state index in [0.717, 1.165) is 11.4 Å². The average molecular weight is 225 g/mol. The molecule has 0 atom stereocenters. The van der Waals surface area contributed by atoms with E-state index in [9.17, 15) is 4.79 Å². The Hall–Kier alpha value is -2.36. The zero-order chi connectivity index (χ0) is 11.8. The maximum atomic E-state index is 11.2. The first kappa shape index (κ1) is 9.84. The maximum Gasteiger partial charge on any atom is 0.183 e. The van der Waals surface area contributed by atoms with E-state index < -0.39 is 0 Å². The SMILES string of the molecule is Cc1ccc(-c2n[nH]c3cc(=O)ccn23)cc1. The van der Waals surface area contributed by atoms with Crippen LogP contribution >= 0.6 is 0 Å². The minimum Gasteiger partial charge on any atom is -0.290 e. The second-order valence-electron chi connectivity index (χ2n) is 4.03. The fourth-order valence-corrected chi connectivity index (χ4v) is 1.82. The molecule has 0 bridgehead atoms. The van der Waals surface area contributed by atoms with Crippen LogP contribution in [0.5, 0.6) is 0 Å². The van der Waals surface area contributed by atoms with Crippen LogP contribution in [0.15, 0.2) is 47.4 Å². The van der Waals surface area contributed by atoms with Crippen LogP contribution in [0.3, 0.4) is 0 Å². The topological polar surface area (TPSA) is 50.2 Å². The minimum absolute atomic E-state index is 0.0240. The number of pyridine rings is 1. The van der Waals surface area contributed by atoms with Crippen LogP contribution in [-0.4, -0.2) is 14.6 Å². The Balaban J connectivity index is 2.24. The highest BCUT2D eigenvalue weighted by molar-refractivity contribution is 5.59. The number of aromatic amines is 1. The first-order valence-corrected chi connectivity index (χ1v) is 5.38. The fourth-order valence-electron chi connectivity index (χ4n) is 1.82. The Morgan fingerprint density at radius 3 is 2.71 bits per heavy atom. The van der Waals surface area contributed by atoms with Gasteiger partial charge in [-0.15, -0.1) is 0 Å². The van der Waals surface area contributed by atoms with E-state index in [4.69, 9.17) is 0 Å². The molecule has 4 heteroatoms. The Labute approximate surface area is 97.5 Å². The van der Waals surface area contributed by atoms with Gasteiger partial charge >= 0.3 is 0 Å². The second kappa shape index (κ2) is 3.59. The van der Waals surface area contributed by atoms with Gasteiger partial charge in [0.1, 0.15) is 5.65 Å². The smallest absolute Gasteiger partial charge is 0.183 e. The van der Waals surface area contributed by atoms with Gasteiger partial charge in [0.25, 0.3) is 0 Å². The Morgan fingerprint density at radius 2 is 1.94 bits per heavy atom. The Morgan fingerprint density at radius 1 is 1.18 bits per heavy atom. The zero-order valence-electron chi connectivity index (χ0n) is 9.34. The largest absolute Gasteiger partial charge is 0.290 e. The number of nitrogens with zero attached hydrogens (tertiary/aromatic N) is 2. The summed E-state index contributed by atoms with van der Waals surface area (Å²) in [5.41, 5.74) is 2.91. The lowest BCUT2D eigenvalue weighted by molar-refractivity contribution is 1.11. The predicted molar refractivity (Wildman–Crippen MR) is 66.0 cm³/mol. The van der Waals surface area contributed by atoms with E-state index >= 15 is 0 Å². The van der Waals surface area contributed by atoms with E-state index in [1.807, 2.05) is 35.6 Å². The molecule has 3 aromatic rings. The van der Waals surface area contributed by atoms with Gasteiger partial charge in [0.05, 0.1) is 0 Å². The fraction of sp³-hybridized carbons (Fsp3) is 0.0769. The Bertz CT molecular complexity index is 722. The van der Waals surface area contributed by atoms with Crippen molar-refractivity contribution in [3.63, 3.8) is 0 Å². The molecule has 0 aliphatic rings. The van der Waals surface area contributed by atoms with Crippen LogP contribution in [0, 0.1) is 6.92 Å². The molecule has 0 radical (unpaired) electrons. The molecule has 0 spiro atoms. The number of aromatic nitrogens is 3. The highest BCUT2D eigenvalue weighted by Gasteiger charge is 2.06. The van der Waals surface area contributed by atoms with E-state index in [2.05, 4.69) is 10.2 Å². The summed E-state index contributed by atoms with van der Waals surface area (Å²) < 4.78 is 1.87. The average Bonchev–Trinajstić information content (AvgIpc) is 2.73. The quantitative estimate of drug-likeness (QED) is 0.688. The number of rotatable bonds is 1. The highest BCUT2D eigenvalue weighted by atomic mass is 16.1. The van der Waals surface area contributed by atoms with Crippen molar-refractivity contribution >= 4 is 5.65 Å². The normalized spacial score (nSPS) is 10.9. The maximum absolute atomic E-state index is 11.2. The van der Waals surface area contributed by atoms with Crippen LogP contribution in [0.2, 0.25) is 0 Å². The van der Waals surface area contributed by atoms with Gasteiger partial charge in [-0.05, 0) is 6.92 Å². The third-order valence-electron chi connectivity index (χ3n) is 2.74. The summed E-state index contributed by atoms with van der Waals surface area (Å²) in [5.74, 6) is 0.806. The highest BCUT2D eigenvalue weighted by Crippen LogP contribution is 2.17. The van der Waals surface area contributed by atoms with E-state index in [1.165, 1.54) is 17.7 Å². The van der Waals surface area contributed by atoms with Gasteiger partial charge in [0.2, 0.25) is 0 Å². The molecule has 0 saturated carbocycles. The molecule has 0 aliphatic carbocycles. The van der Waals surface area contributed by atoms with Crippen molar-refractivity contribution in [2.75, 3.05) is 0 Å². The van der Waals surface area contributed by atoms with Crippen molar-refractivity contribution in [1.82, 2.24) is 14.6 Å². The van der Waals surface area contributed by atoms with E-state index in [0.29, 0.717) is 5.65 Å². The number of hydrogen-bond donors (Lipinski definition) is 1. The third-order valence-corrected chi connectivity index (χ3v) is 2.74. The van der Waals surface area contributed by atoms with Crippen LogP contribution in [0.1, 0.15) is 5.56 Å². The lowest BCUT2D eigenvalue weighted by Gasteiger charge is -2.00. The van der Waals surface area contributed by atoms with Crippen molar-refractivity contribution < 1.29 is 0 Å². The monoisotopic (exact) mass is 225 g/mol. The van der Waals surface area contributed by atoms with Gasteiger partial charge in [-0.1, -0.05) is 29.8 Å². The van der Waals surface area contributed by atoms with Crippen molar-refractivity contribution in [2.45, 2.75) is 6.92 Å². The predicted octanol–water partition coefficient (Wildman–Crippen LogP) is 2.00. The Kier molecular flexibility index (Phi) is 2.08. The lowest BCUT2D eigenvalue weighted by atomic mass is 10.1. The number of hydrogen-bond acceptors (Lipinski definition) is 2. The van der Waals surface area contributed by atoms with Crippen molar-refractivity contribution in [3.8, 4) is 11.4 Å². The van der Waals surface area contributed by atoms with Crippen molar-refractivity contribution in [1.29, 1.82) is 0 Å². The molecule has 1 aromatic carbocycles. The number of nitrogens with one attached hydrogen (secondary N) is 1. The van der Waals surface area contributed by atoms with Gasteiger partial charge in [-0.2, -0.15) is 5.10 Å². The second-order valence-corrected chi connectivity index (χ2v) is 4.03. The number of benzene rings is 1. The standard InChI is InChI=1S/C13H11N3O/c1-9-2-4-10(5-3-9)13-15-14-12-8-11(17)6-7-16(12)13/h2-8,14H,1H3. The summed E-state index contributed by atoms with van der Waals surface area (Å²) in [5, 5.41) is 7.09. The summed E-state index contributed by atoms with van der Waals surface area (Å²) in [6.45, 7) is 2.04. The van der Waals surface area contributed by atoms with Gasteiger partial charge in [-0.3, -0.25) is 14.3 Å². The molecular formula is C13H11N3O. The molecule has 84 valence electrons. The molecule has 1 N–H and O–H groups in total. The molecule has 0 aliphatic heterocycles. The first-order chi connectivity index (χ1) is 8.24. The summed E-state index contributed by atoms with van der Waals surface area (Å²) in [4.78, 5) is 11.2. The van der Waals surface area contributed by atoms with Gasteiger partial charge < -0.3 is 0 Å². The van der Waals surface area contributed by atoms with Gasteiger partial charge in [0, 0.05) is 23.9 Å². The summed E-state index contributed by atoms with van der Waals surface area (Å²) in [6.07, 6.45) is 1.73. The van der Waals surface area contributed by atoms with E-state index in [1.54, 1.807) is 6.20 Å². The van der Waals surface area contributed by atoms with Crippen molar-refractivity contribution in [3.05, 3.63) is 58.4 Å².